The van der Waals surface area contributed by atoms with Gasteiger partial charge in [0, 0.05) is 23.7 Å². The zero-order valence-corrected chi connectivity index (χ0v) is 15.4. The molecular formula is C19H21N3O3S. The number of nitrogens with zero attached hydrogens (tertiary/aromatic N) is 2. The zero-order valence-electron chi connectivity index (χ0n) is 14.6. The summed E-state index contributed by atoms with van der Waals surface area (Å²) in [5, 5.41) is 5.04. The van der Waals surface area contributed by atoms with Crippen molar-refractivity contribution in [3.8, 4) is 0 Å². The predicted molar refractivity (Wildman–Crippen MR) is 102 cm³/mol. The number of aryl methyl sites for hydroxylation is 1. The van der Waals surface area contributed by atoms with E-state index in [1.54, 1.807) is 16.2 Å². The van der Waals surface area contributed by atoms with Crippen LogP contribution >= 0.6 is 11.3 Å². The summed E-state index contributed by atoms with van der Waals surface area (Å²) in [6, 6.07) is 9.89. The third-order valence-electron chi connectivity index (χ3n) is 5.00. The third-order valence-corrected chi connectivity index (χ3v) is 5.97. The average Bonchev–Trinajstić information content (AvgIpc) is 3.13. The van der Waals surface area contributed by atoms with E-state index in [0.29, 0.717) is 6.54 Å². The van der Waals surface area contributed by atoms with Gasteiger partial charge >= 0.3 is 12.1 Å². The van der Waals surface area contributed by atoms with Gasteiger partial charge in [0.1, 0.15) is 0 Å². The number of rotatable bonds is 2. The van der Waals surface area contributed by atoms with E-state index in [4.69, 9.17) is 4.74 Å². The minimum atomic E-state index is -0.345. The second kappa shape index (κ2) is 6.99. The molecule has 1 aromatic heterocycles. The number of benzene rings is 1. The van der Waals surface area contributed by atoms with E-state index in [2.05, 4.69) is 11.4 Å². The van der Waals surface area contributed by atoms with Crippen LogP contribution in [0.3, 0.4) is 0 Å². The standard InChI is InChI=1S/C19H21N3O3S/c1-25-19(24)22-9-2-4-13-12-14(6-7-15(13)22)20-18(23)21-10-8-16(21)17-5-3-11-26-17/h3,5-7,11-12,16H,2,4,8-10H2,1H3,(H,20,23). The van der Waals surface area contributed by atoms with E-state index in [1.165, 1.54) is 12.0 Å². The number of amides is 3. The Balaban J connectivity index is 1.47. The highest BCUT2D eigenvalue weighted by atomic mass is 32.1. The molecule has 1 saturated heterocycles. The molecule has 26 heavy (non-hydrogen) atoms. The Morgan fingerprint density at radius 2 is 2.15 bits per heavy atom. The number of nitrogens with one attached hydrogen (secondary N) is 1. The molecule has 1 aromatic carbocycles. The fourth-order valence-corrected chi connectivity index (χ4v) is 4.45. The van der Waals surface area contributed by atoms with E-state index in [-0.39, 0.29) is 18.2 Å². The van der Waals surface area contributed by atoms with Crippen molar-refractivity contribution in [3.05, 3.63) is 46.2 Å². The Morgan fingerprint density at radius 3 is 2.85 bits per heavy atom. The minimum Gasteiger partial charge on any atom is -0.452 e. The van der Waals surface area contributed by atoms with Crippen molar-refractivity contribution < 1.29 is 14.3 Å². The largest absolute Gasteiger partial charge is 0.452 e. The van der Waals surface area contributed by atoms with Crippen molar-refractivity contribution in [1.29, 1.82) is 0 Å². The fraction of sp³-hybridized carbons (Fsp3) is 0.368. The highest BCUT2D eigenvalue weighted by Gasteiger charge is 2.34. The van der Waals surface area contributed by atoms with E-state index >= 15 is 0 Å². The predicted octanol–water partition coefficient (Wildman–Crippen LogP) is 4.25. The number of hydrogen-bond donors (Lipinski definition) is 1. The van der Waals surface area contributed by atoms with Gasteiger partial charge in [-0.05, 0) is 54.5 Å². The van der Waals surface area contributed by atoms with Crippen LogP contribution in [0, 0.1) is 0 Å². The molecular weight excluding hydrogens is 350 g/mol. The molecule has 2 aliphatic rings. The molecule has 0 saturated carbocycles. The van der Waals surface area contributed by atoms with Crippen LogP contribution in [-0.2, 0) is 11.2 Å². The molecule has 3 amide bonds. The number of ether oxygens (including phenoxy) is 1. The van der Waals surface area contributed by atoms with Crippen molar-refractivity contribution in [2.24, 2.45) is 0 Å². The summed E-state index contributed by atoms with van der Waals surface area (Å²) < 4.78 is 4.85. The van der Waals surface area contributed by atoms with Crippen LogP contribution in [0.2, 0.25) is 0 Å². The Hall–Kier alpha value is -2.54. The third kappa shape index (κ3) is 3.03. The van der Waals surface area contributed by atoms with Crippen LogP contribution in [0.5, 0.6) is 0 Å². The number of carbonyl (C=O) groups is 2. The Labute approximate surface area is 156 Å². The first-order chi connectivity index (χ1) is 12.7. The summed E-state index contributed by atoms with van der Waals surface area (Å²) in [4.78, 5) is 29.3. The van der Waals surface area contributed by atoms with Crippen LogP contribution in [0.25, 0.3) is 0 Å². The van der Waals surface area contributed by atoms with E-state index in [0.717, 1.165) is 42.7 Å². The van der Waals surface area contributed by atoms with Crippen molar-refractivity contribution in [1.82, 2.24) is 4.90 Å². The lowest BCUT2D eigenvalue weighted by molar-refractivity contribution is 0.128. The van der Waals surface area contributed by atoms with Crippen molar-refractivity contribution >= 4 is 34.8 Å². The number of fused-ring (bicyclic) bond motifs is 1. The highest BCUT2D eigenvalue weighted by molar-refractivity contribution is 7.10. The molecule has 4 rings (SSSR count). The summed E-state index contributed by atoms with van der Waals surface area (Å²) in [5.74, 6) is 0. The Bertz CT molecular complexity index is 821. The molecule has 6 nitrogen and oxygen atoms in total. The van der Waals surface area contributed by atoms with Gasteiger partial charge in [0.25, 0.3) is 0 Å². The van der Waals surface area contributed by atoms with Crippen molar-refractivity contribution in [2.45, 2.75) is 25.3 Å². The Morgan fingerprint density at radius 1 is 1.27 bits per heavy atom. The fourth-order valence-electron chi connectivity index (χ4n) is 3.58. The van der Waals surface area contributed by atoms with Crippen LogP contribution in [-0.4, -0.2) is 37.2 Å². The van der Waals surface area contributed by atoms with Gasteiger partial charge in [-0.25, -0.2) is 9.59 Å². The molecule has 0 spiro atoms. The molecule has 2 aliphatic heterocycles. The summed E-state index contributed by atoms with van der Waals surface area (Å²) in [5.41, 5.74) is 2.68. The first-order valence-electron chi connectivity index (χ1n) is 8.77. The summed E-state index contributed by atoms with van der Waals surface area (Å²) >= 11 is 1.69. The van der Waals surface area contributed by atoms with Gasteiger partial charge in [-0.3, -0.25) is 4.90 Å². The van der Waals surface area contributed by atoms with Gasteiger partial charge in [-0.1, -0.05) is 6.07 Å². The maximum atomic E-state index is 12.6. The summed E-state index contributed by atoms with van der Waals surface area (Å²) in [7, 11) is 1.39. The van der Waals surface area contributed by atoms with Crippen LogP contribution in [0.1, 0.15) is 29.3 Å². The van der Waals surface area contributed by atoms with Crippen LogP contribution in [0.15, 0.2) is 35.7 Å². The number of urea groups is 1. The molecule has 136 valence electrons. The molecule has 7 heteroatoms. The number of thiophene rings is 1. The number of anilines is 2. The number of likely N-dealkylation sites (tertiary alicyclic amines) is 1. The molecule has 0 bridgehead atoms. The molecule has 0 radical (unpaired) electrons. The van der Waals surface area contributed by atoms with Crippen LogP contribution in [0.4, 0.5) is 21.0 Å². The van der Waals surface area contributed by atoms with Gasteiger partial charge in [0.2, 0.25) is 0 Å². The van der Waals surface area contributed by atoms with Gasteiger partial charge < -0.3 is 15.0 Å². The van der Waals surface area contributed by atoms with Gasteiger partial charge in [-0.2, -0.15) is 0 Å². The van der Waals surface area contributed by atoms with Crippen LogP contribution < -0.4 is 10.2 Å². The lowest BCUT2D eigenvalue weighted by Gasteiger charge is -2.40. The molecule has 1 atom stereocenters. The normalized spacial score (nSPS) is 18.7. The number of carbonyl (C=O) groups excluding carboxylic acids is 2. The van der Waals surface area contributed by atoms with E-state index in [9.17, 15) is 9.59 Å². The number of methoxy groups -OCH3 is 1. The highest BCUT2D eigenvalue weighted by Crippen LogP contribution is 2.36. The molecule has 2 aromatic rings. The summed E-state index contributed by atoms with van der Waals surface area (Å²) in [6.45, 7) is 1.43. The second-order valence-electron chi connectivity index (χ2n) is 6.51. The smallest absolute Gasteiger partial charge is 0.414 e. The molecule has 1 fully saturated rings. The molecule has 0 aliphatic carbocycles. The van der Waals surface area contributed by atoms with Crippen molar-refractivity contribution in [3.63, 3.8) is 0 Å². The topological polar surface area (TPSA) is 61.9 Å². The number of hydrogen-bond acceptors (Lipinski definition) is 4. The maximum absolute atomic E-state index is 12.6. The second-order valence-corrected chi connectivity index (χ2v) is 7.49. The monoisotopic (exact) mass is 371 g/mol. The zero-order chi connectivity index (χ0) is 18.1. The first kappa shape index (κ1) is 16.9. The van der Waals surface area contributed by atoms with Gasteiger partial charge in [0.15, 0.2) is 0 Å². The molecule has 1 N–H and O–H groups in total. The van der Waals surface area contributed by atoms with Gasteiger partial charge in [0.05, 0.1) is 18.8 Å². The van der Waals surface area contributed by atoms with E-state index in [1.807, 2.05) is 34.5 Å². The lowest BCUT2D eigenvalue weighted by Crippen LogP contribution is -2.47. The minimum absolute atomic E-state index is 0.0739. The Kier molecular flexibility index (Phi) is 4.55. The van der Waals surface area contributed by atoms with Gasteiger partial charge in [-0.15, -0.1) is 11.3 Å². The molecule has 3 heterocycles. The average molecular weight is 371 g/mol. The maximum Gasteiger partial charge on any atom is 0.414 e. The lowest BCUT2D eigenvalue weighted by atomic mass is 10.0. The first-order valence-corrected chi connectivity index (χ1v) is 9.65. The van der Waals surface area contributed by atoms with Crippen molar-refractivity contribution in [2.75, 3.05) is 30.4 Å². The summed E-state index contributed by atoms with van der Waals surface area (Å²) in [6.07, 6.45) is 2.42. The molecule has 1 unspecified atom stereocenters. The SMILES string of the molecule is COC(=O)N1CCCc2cc(NC(=O)N3CCC3c3cccs3)ccc21. The quantitative estimate of drug-likeness (QED) is 0.859. The van der Waals surface area contributed by atoms with E-state index < -0.39 is 0 Å².